The van der Waals surface area contributed by atoms with E-state index < -0.39 is 11.8 Å². The van der Waals surface area contributed by atoms with Crippen LogP contribution in [0.4, 0.5) is 4.39 Å². The van der Waals surface area contributed by atoms with E-state index in [-0.39, 0.29) is 30.7 Å². The molecular formula is C21H34BrFO2S. The summed E-state index contributed by atoms with van der Waals surface area (Å²) in [6, 6.07) is 0. The zero-order valence-corrected chi connectivity index (χ0v) is 18.6. The number of halogens is 2. The molecule has 4 fully saturated rings. The number of carbonyl (C=O) groups is 1. The fourth-order valence-electron chi connectivity index (χ4n) is 7.62. The van der Waals surface area contributed by atoms with Gasteiger partial charge in [-0.2, -0.15) is 13.5 Å². The van der Waals surface area contributed by atoms with Crippen molar-refractivity contribution in [3.63, 3.8) is 0 Å². The summed E-state index contributed by atoms with van der Waals surface area (Å²) in [6.45, 7) is 4.20. The molecule has 0 aromatic heterocycles. The smallest absolute Gasteiger partial charge is 0.147 e. The van der Waals surface area contributed by atoms with Crippen molar-refractivity contribution < 1.29 is 14.3 Å². The van der Waals surface area contributed by atoms with Crippen LogP contribution in [0.1, 0.15) is 65.2 Å². The Labute approximate surface area is 172 Å². The molecule has 0 radical (unpaired) electrons. The highest BCUT2D eigenvalue weighted by atomic mass is 79.9. The molecule has 5 heteroatoms. The number of carbonyl (C=O) groups excluding carboxylic acids is 1. The van der Waals surface area contributed by atoms with Gasteiger partial charge in [0.2, 0.25) is 0 Å². The number of hydrogen-bond donors (Lipinski definition) is 1. The van der Waals surface area contributed by atoms with Crippen LogP contribution < -0.4 is 0 Å². The minimum atomic E-state index is -0.772. The normalized spacial score (nSPS) is 53.0. The Morgan fingerprint density at radius 2 is 1.73 bits per heavy atom. The molecule has 0 amide bonds. The fraction of sp³-hybridized carbons (Fsp3) is 0.952. The molecule has 0 aliphatic heterocycles. The molecule has 26 heavy (non-hydrogen) atoms. The van der Waals surface area contributed by atoms with Gasteiger partial charge in [0.05, 0.1) is 10.9 Å². The second kappa shape index (κ2) is 7.33. The minimum Gasteiger partial charge on any atom is -0.390 e. The van der Waals surface area contributed by atoms with Crippen LogP contribution in [0.3, 0.4) is 0 Å². The van der Waals surface area contributed by atoms with Crippen LogP contribution in [-0.2, 0) is 4.79 Å². The third-order valence-electron chi connectivity index (χ3n) is 8.77. The van der Waals surface area contributed by atoms with Crippen LogP contribution in [0.15, 0.2) is 0 Å². The summed E-state index contributed by atoms with van der Waals surface area (Å²) < 4.78 is 15.2. The fourth-order valence-corrected chi connectivity index (χ4v) is 8.02. The summed E-state index contributed by atoms with van der Waals surface area (Å²) in [4.78, 5) is 12.4. The monoisotopic (exact) mass is 448 g/mol. The van der Waals surface area contributed by atoms with E-state index in [1.54, 1.807) is 0 Å². The van der Waals surface area contributed by atoms with E-state index in [9.17, 15) is 9.90 Å². The zero-order chi connectivity index (χ0) is 18.0. The number of fused-ring (bicyclic) bond motifs is 5. The van der Waals surface area contributed by atoms with Crippen molar-refractivity contribution in [3.05, 3.63) is 0 Å². The number of ketones is 1. The molecule has 0 aromatic carbocycles. The molecule has 9 atom stereocenters. The van der Waals surface area contributed by atoms with Gasteiger partial charge < -0.3 is 5.11 Å². The topological polar surface area (TPSA) is 37.3 Å². The standard InChI is InChI=1S/C21H32BrFO2.H2S/c1-20(25)7-5-13-12-6-8-21(2)16(3-4-17(21)19(24)11-22)14(12)9-18(23)15(13)10-20;/h12-18,25H,3-11H2,1-2H3;1H2/t12-,13-,14-,15-,16+,17-,18-,20-,21+;/m1./s1. The lowest BCUT2D eigenvalue weighted by Crippen LogP contribution is -2.54. The SMILES string of the molecule is C[C@@]1(O)CC[C@@H]2[C@H]3CC[C@]4(C)[C@@H](C(=O)CBr)CC[C@H]4[C@@H]3C[C@@H](F)[C@@H]2C1.S. The first-order chi connectivity index (χ1) is 11.8. The van der Waals surface area contributed by atoms with Crippen molar-refractivity contribution in [2.75, 3.05) is 5.33 Å². The molecule has 4 saturated carbocycles. The highest BCUT2D eigenvalue weighted by molar-refractivity contribution is 9.09. The molecule has 0 unspecified atom stereocenters. The molecule has 0 spiro atoms. The molecule has 0 saturated heterocycles. The Kier molecular flexibility index (Phi) is 5.95. The van der Waals surface area contributed by atoms with Gasteiger partial charge in [0.15, 0.2) is 0 Å². The predicted octanol–water partition coefficient (Wildman–Crippen LogP) is 5.03. The molecule has 4 aliphatic rings. The summed E-state index contributed by atoms with van der Waals surface area (Å²) in [7, 11) is 0. The number of rotatable bonds is 2. The van der Waals surface area contributed by atoms with Crippen LogP contribution in [0.25, 0.3) is 0 Å². The van der Waals surface area contributed by atoms with Crippen LogP contribution in [-0.4, -0.2) is 28.0 Å². The minimum absolute atomic E-state index is 0. The summed E-state index contributed by atoms with van der Waals surface area (Å²) in [6.07, 6.45) is 6.69. The van der Waals surface area contributed by atoms with Crippen molar-refractivity contribution in [2.45, 2.75) is 77.0 Å². The summed E-state index contributed by atoms with van der Waals surface area (Å²) in [5.41, 5.74) is -0.596. The van der Waals surface area contributed by atoms with E-state index in [4.69, 9.17) is 0 Å². The second-order valence-corrected chi connectivity index (χ2v) is 10.6. The van der Waals surface area contributed by atoms with Gasteiger partial charge in [-0.1, -0.05) is 22.9 Å². The van der Waals surface area contributed by atoms with Gasteiger partial charge in [-0.05, 0) is 93.3 Å². The van der Waals surface area contributed by atoms with Gasteiger partial charge >= 0.3 is 0 Å². The van der Waals surface area contributed by atoms with E-state index in [0.717, 1.165) is 38.5 Å². The van der Waals surface area contributed by atoms with E-state index in [1.807, 2.05) is 6.92 Å². The molecule has 4 rings (SSSR count). The zero-order valence-electron chi connectivity index (χ0n) is 16.0. The van der Waals surface area contributed by atoms with Crippen LogP contribution in [0.5, 0.6) is 0 Å². The molecule has 150 valence electrons. The van der Waals surface area contributed by atoms with Gasteiger partial charge in [0, 0.05) is 5.92 Å². The van der Waals surface area contributed by atoms with Gasteiger partial charge in [-0.3, -0.25) is 4.79 Å². The predicted molar refractivity (Wildman–Crippen MR) is 111 cm³/mol. The molecule has 4 aliphatic carbocycles. The number of hydrogen-bond acceptors (Lipinski definition) is 2. The van der Waals surface area contributed by atoms with Gasteiger partial charge in [-0.25, -0.2) is 4.39 Å². The van der Waals surface area contributed by atoms with E-state index >= 15 is 4.39 Å². The van der Waals surface area contributed by atoms with Gasteiger partial charge in [-0.15, -0.1) is 0 Å². The Morgan fingerprint density at radius 1 is 1.08 bits per heavy atom. The lowest BCUT2D eigenvalue weighted by Gasteiger charge is -2.57. The maximum Gasteiger partial charge on any atom is 0.147 e. The van der Waals surface area contributed by atoms with E-state index in [2.05, 4.69) is 22.9 Å². The Morgan fingerprint density at radius 3 is 2.42 bits per heavy atom. The number of alkyl halides is 2. The maximum absolute atomic E-state index is 15.2. The summed E-state index contributed by atoms with van der Waals surface area (Å²) in [5.74, 6) is 2.60. The lowest BCUT2D eigenvalue weighted by atomic mass is 9.48. The molecular weight excluding hydrogens is 415 g/mol. The Bertz CT molecular complexity index is 556. The highest BCUT2D eigenvalue weighted by Gasteiger charge is 2.60. The van der Waals surface area contributed by atoms with Crippen molar-refractivity contribution >= 4 is 35.2 Å². The highest BCUT2D eigenvalue weighted by Crippen LogP contribution is 2.65. The number of Topliss-reactive ketones (excluding diaryl/α,β-unsaturated/α-hetero) is 1. The molecule has 0 bridgehead atoms. The van der Waals surface area contributed by atoms with Crippen LogP contribution in [0.2, 0.25) is 0 Å². The van der Waals surface area contributed by atoms with Crippen molar-refractivity contribution in [1.29, 1.82) is 0 Å². The molecule has 1 N–H and O–H groups in total. The largest absolute Gasteiger partial charge is 0.390 e. The maximum atomic E-state index is 15.2. The van der Waals surface area contributed by atoms with Crippen molar-refractivity contribution in [1.82, 2.24) is 0 Å². The molecule has 2 nitrogen and oxygen atoms in total. The average Bonchev–Trinajstić information content (AvgIpc) is 2.91. The van der Waals surface area contributed by atoms with Crippen molar-refractivity contribution in [2.24, 2.45) is 40.9 Å². The third-order valence-corrected chi connectivity index (χ3v) is 9.32. The number of aliphatic hydroxyl groups is 1. The van der Waals surface area contributed by atoms with Crippen LogP contribution in [0, 0.1) is 40.9 Å². The first kappa shape index (κ1) is 21.1. The first-order valence-electron chi connectivity index (χ1n) is 10.2. The molecule has 0 aromatic rings. The summed E-state index contributed by atoms with van der Waals surface area (Å²) >= 11 is 3.37. The van der Waals surface area contributed by atoms with Gasteiger partial charge in [0.25, 0.3) is 0 Å². The third kappa shape index (κ3) is 3.22. The Hall–Kier alpha value is 0.390. The van der Waals surface area contributed by atoms with Crippen molar-refractivity contribution in [3.8, 4) is 0 Å². The first-order valence-corrected chi connectivity index (χ1v) is 11.3. The Balaban J connectivity index is 0.00000196. The lowest BCUT2D eigenvalue weighted by molar-refractivity contribution is -0.137. The summed E-state index contributed by atoms with van der Waals surface area (Å²) in [5, 5.41) is 10.9. The average molecular weight is 449 g/mol. The molecule has 0 heterocycles. The van der Waals surface area contributed by atoms with E-state index in [1.165, 1.54) is 0 Å². The van der Waals surface area contributed by atoms with Gasteiger partial charge in [0.1, 0.15) is 12.0 Å². The van der Waals surface area contributed by atoms with Crippen LogP contribution >= 0.6 is 29.4 Å². The quantitative estimate of drug-likeness (QED) is 0.601. The second-order valence-electron chi connectivity index (χ2n) is 10.0. The van der Waals surface area contributed by atoms with E-state index in [0.29, 0.717) is 47.6 Å².